The van der Waals surface area contributed by atoms with Crippen LogP contribution in [0.25, 0.3) is 0 Å². The van der Waals surface area contributed by atoms with Crippen molar-refractivity contribution >= 4 is 40.9 Å². The topological polar surface area (TPSA) is 95.5 Å². The number of benzene rings is 1. The van der Waals surface area contributed by atoms with Gasteiger partial charge in [-0.25, -0.2) is 4.79 Å². The van der Waals surface area contributed by atoms with Crippen molar-refractivity contribution in [3.8, 4) is 11.5 Å². The SMILES string of the molecule is CCOc1cc(Cl)c(NC(=O)NC(=N)NC)c(Cl)c1OCC. The van der Waals surface area contributed by atoms with Crippen LogP contribution in [-0.4, -0.2) is 32.3 Å². The first kappa shape index (κ1) is 18.2. The first-order chi connectivity index (χ1) is 10.4. The van der Waals surface area contributed by atoms with E-state index in [1.807, 2.05) is 6.92 Å². The molecular formula is C13H18Cl2N4O3. The van der Waals surface area contributed by atoms with Gasteiger partial charge < -0.3 is 20.1 Å². The molecule has 0 saturated carbocycles. The Labute approximate surface area is 138 Å². The Kier molecular flexibility index (Phi) is 7.07. The Bertz CT molecular complexity index is 567. The zero-order valence-corrected chi connectivity index (χ0v) is 14.0. The molecule has 7 nitrogen and oxygen atoms in total. The van der Waals surface area contributed by atoms with E-state index < -0.39 is 6.03 Å². The van der Waals surface area contributed by atoms with Gasteiger partial charge in [0.2, 0.25) is 0 Å². The summed E-state index contributed by atoms with van der Waals surface area (Å²) in [5.41, 5.74) is 0.177. The van der Waals surface area contributed by atoms with E-state index in [9.17, 15) is 4.79 Å². The maximum atomic E-state index is 11.8. The Morgan fingerprint density at radius 3 is 2.45 bits per heavy atom. The molecule has 0 bridgehead atoms. The fourth-order valence-corrected chi connectivity index (χ4v) is 2.14. The second-order valence-corrected chi connectivity index (χ2v) is 4.73. The van der Waals surface area contributed by atoms with Crippen LogP contribution in [-0.2, 0) is 0 Å². The third-order valence-corrected chi connectivity index (χ3v) is 3.11. The van der Waals surface area contributed by atoms with Crippen LogP contribution >= 0.6 is 23.2 Å². The minimum absolute atomic E-state index is 0.129. The molecule has 0 spiro atoms. The molecule has 0 atom stereocenters. The highest BCUT2D eigenvalue weighted by atomic mass is 35.5. The van der Waals surface area contributed by atoms with Gasteiger partial charge in [0.25, 0.3) is 0 Å². The van der Waals surface area contributed by atoms with Gasteiger partial charge in [-0.3, -0.25) is 10.7 Å². The molecule has 0 aromatic heterocycles. The van der Waals surface area contributed by atoms with Crippen LogP contribution in [0.1, 0.15) is 13.8 Å². The van der Waals surface area contributed by atoms with Crippen molar-refractivity contribution in [3.63, 3.8) is 0 Å². The minimum atomic E-state index is -0.658. The molecule has 0 fully saturated rings. The Morgan fingerprint density at radius 1 is 1.27 bits per heavy atom. The number of carbonyl (C=O) groups excluding carboxylic acids is 1. The van der Waals surface area contributed by atoms with Crippen molar-refractivity contribution in [3.05, 3.63) is 16.1 Å². The summed E-state index contributed by atoms with van der Waals surface area (Å²) >= 11 is 12.4. The van der Waals surface area contributed by atoms with Gasteiger partial charge in [-0.1, -0.05) is 23.2 Å². The summed E-state index contributed by atoms with van der Waals surface area (Å²) in [6, 6.07) is 0.857. The van der Waals surface area contributed by atoms with Crippen LogP contribution < -0.4 is 25.4 Å². The molecule has 1 rings (SSSR count). The van der Waals surface area contributed by atoms with E-state index in [0.29, 0.717) is 24.7 Å². The van der Waals surface area contributed by atoms with Crippen LogP contribution in [0.4, 0.5) is 10.5 Å². The third-order valence-electron chi connectivity index (χ3n) is 2.45. The first-order valence-electron chi connectivity index (χ1n) is 6.56. The molecule has 1 aromatic rings. The first-order valence-corrected chi connectivity index (χ1v) is 7.32. The number of ether oxygens (including phenoxy) is 2. The number of anilines is 1. The number of carbonyl (C=O) groups is 1. The van der Waals surface area contributed by atoms with Gasteiger partial charge in [0.05, 0.1) is 23.9 Å². The number of hydrogen-bond donors (Lipinski definition) is 4. The van der Waals surface area contributed by atoms with Crippen LogP contribution in [0.15, 0.2) is 6.07 Å². The van der Waals surface area contributed by atoms with Gasteiger partial charge in [-0.2, -0.15) is 0 Å². The Hall–Kier alpha value is -1.86. The summed E-state index contributed by atoms with van der Waals surface area (Å²) in [7, 11) is 1.51. The fourth-order valence-electron chi connectivity index (χ4n) is 1.56. The van der Waals surface area contributed by atoms with E-state index in [1.165, 1.54) is 13.1 Å². The van der Waals surface area contributed by atoms with Gasteiger partial charge in [-0.15, -0.1) is 0 Å². The van der Waals surface area contributed by atoms with Crippen molar-refractivity contribution < 1.29 is 14.3 Å². The molecule has 0 aliphatic heterocycles. The predicted octanol–water partition coefficient (Wildman–Crippen LogP) is 3.07. The van der Waals surface area contributed by atoms with E-state index in [2.05, 4.69) is 16.0 Å². The Morgan fingerprint density at radius 2 is 1.91 bits per heavy atom. The van der Waals surface area contributed by atoms with Crippen LogP contribution in [0.3, 0.4) is 0 Å². The molecule has 0 saturated heterocycles. The zero-order chi connectivity index (χ0) is 16.7. The normalized spacial score (nSPS) is 9.86. The van der Waals surface area contributed by atoms with Crippen molar-refractivity contribution in [1.29, 1.82) is 5.41 Å². The van der Waals surface area contributed by atoms with E-state index in [-0.39, 0.29) is 21.7 Å². The monoisotopic (exact) mass is 348 g/mol. The van der Waals surface area contributed by atoms with Gasteiger partial charge in [0, 0.05) is 13.1 Å². The largest absolute Gasteiger partial charge is 0.490 e. The van der Waals surface area contributed by atoms with Gasteiger partial charge in [0.1, 0.15) is 5.02 Å². The smallest absolute Gasteiger partial charge is 0.326 e. The molecule has 1 aromatic carbocycles. The highest BCUT2D eigenvalue weighted by Gasteiger charge is 2.20. The summed E-state index contributed by atoms with van der Waals surface area (Å²) in [5, 5.41) is 14.9. The molecule has 0 aliphatic carbocycles. The molecule has 0 unspecified atom stereocenters. The van der Waals surface area contributed by atoms with E-state index >= 15 is 0 Å². The van der Waals surface area contributed by atoms with Crippen molar-refractivity contribution in [2.24, 2.45) is 0 Å². The molecule has 9 heteroatoms. The van der Waals surface area contributed by atoms with Crippen molar-refractivity contribution in [2.75, 3.05) is 25.6 Å². The van der Waals surface area contributed by atoms with Crippen molar-refractivity contribution in [2.45, 2.75) is 13.8 Å². The fraction of sp³-hybridized carbons (Fsp3) is 0.385. The number of urea groups is 1. The summed E-state index contributed by atoms with van der Waals surface area (Å²) in [4.78, 5) is 11.8. The molecule has 122 valence electrons. The number of halogens is 2. The lowest BCUT2D eigenvalue weighted by atomic mass is 10.2. The maximum Gasteiger partial charge on any atom is 0.326 e. The second-order valence-electron chi connectivity index (χ2n) is 3.94. The number of nitrogens with one attached hydrogen (secondary N) is 4. The minimum Gasteiger partial charge on any atom is -0.490 e. The highest BCUT2D eigenvalue weighted by Crippen LogP contribution is 2.45. The predicted molar refractivity (Wildman–Crippen MR) is 87.7 cm³/mol. The van der Waals surface area contributed by atoms with Crippen LogP contribution in [0.2, 0.25) is 10.0 Å². The molecule has 22 heavy (non-hydrogen) atoms. The lowest BCUT2D eigenvalue weighted by Crippen LogP contribution is -2.40. The second kappa shape index (κ2) is 8.55. The molecule has 0 radical (unpaired) electrons. The molecular weight excluding hydrogens is 331 g/mol. The Balaban J connectivity index is 3.11. The molecule has 0 heterocycles. The number of rotatable bonds is 5. The summed E-state index contributed by atoms with van der Waals surface area (Å²) < 4.78 is 10.9. The van der Waals surface area contributed by atoms with Crippen LogP contribution in [0.5, 0.6) is 11.5 Å². The van der Waals surface area contributed by atoms with E-state index in [4.69, 9.17) is 38.1 Å². The number of amides is 2. The summed E-state index contributed by atoms with van der Waals surface area (Å²) in [5.74, 6) is 0.531. The number of hydrogen-bond acceptors (Lipinski definition) is 4. The molecule has 2 amide bonds. The lowest BCUT2D eigenvalue weighted by molar-refractivity contribution is 0.256. The highest BCUT2D eigenvalue weighted by molar-refractivity contribution is 6.41. The summed E-state index contributed by atoms with van der Waals surface area (Å²) in [6.45, 7) is 4.41. The zero-order valence-electron chi connectivity index (χ0n) is 12.5. The average Bonchev–Trinajstić information content (AvgIpc) is 2.47. The quantitative estimate of drug-likeness (QED) is 0.485. The van der Waals surface area contributed by atoms with E-state index in [0.717, 1.165) is 0 Å². The van der Waals surface area contributed by atoms with E-state index in [1.54, 1.807) is 6.92 Å². The van der Waals surface area contributed by atoms with Crippen molar-refractivity contribution in [1.82, 2.24) is 10.6 Å². The molecule has 0 aliphatic rings. The van der Waals surface area contributed by atoms with Gasteiger partial charge in [0.15, 0.2) is 17.5 Å². The van der Waals surface area contributed by atoms with Gasteiger partial charge in [-0.05, 0) is 13.8 Å². The van der Waals surface area contributed by atoms with Gasteiger partial charge >= 0.3 is 6.03 Å². The number of guanidine groups is 1. The average molecular weight is 349 g/mol. The standard InChI is InChI=1S/C13H18Cl2N4O3/c1-4-21-8-6-7(14)10(9(15)11(8)22-5-2)18-13(20)19-12(16)17-3/h6H,4-5H2,1-3H3,(H4,16,17,18,19,20). The third kappa shape index (κ3) is 4.57. The van der Waals surface area contributed by atoms with Crippen LogP contribution in [0, 0.1) is 5.41 Å². The maximum absolute atomic E-state index is 11.8. The summed E-state index contributed by atoms with van der Waals surface area (Å²) in [6.07, 6.45) is 0. The lowest BCUT2D eigenvalue weighted by Gasteiger charge is -2.17. The molecule has 4 N–H and O–H groups in total.